The van der Waals surface area contributed by atoms with Crippen LogP contribution >= 0.6 is 0 Å². The Kier molecular flexibility index (Phi) is 9.12. The molecule has 2 N–H and O–H groups in total. The maximum Gasteiger partial charge on any atom is 0.0701 e. The van der Waals surface area contributed by atoms with Gasteiger partial charge in [0.25, 0.3) is 0 Å². The highest BCUT2D eigenvalue weighted by molar-refractivity contribution is 4.95. The fraction of sp³-hybridized carbons (Fsp3) is 0.800. The topological polar surface area (TPSA) is 44.5 Å². The molecule has 3 heteroatoms. The maximum absolute atomic E-state index is 5.76. The van der Waals surface area contributed by atoms with E-state index in [-0.39, 0.29) is 6.04 Å². The Morgan fingerprint density at radius 1 is 1.38 bits per heavy atom. The van der Waals surface area contributed by atoms with Crippen LogP contribution in [0.4, 0.5) is 0 Å². The van der Waals surface area contributed by atoms with Gasteiger partial charge < -0.3 is 15.2 Å². The molecule has 0 saturated heterocycles. The molecule has 1 unspecified atom stereocenters. The summed E-state index contributed by atoms with van der Waals surface area (Å²) in [6.45, 7) is 3.67. The lowest BCUT2D eigenvalue weighted by molar-refractivity contribution is 0.0628. The zero-order valence-corrected chi connectivity index (χ0v) is 8.51. The molecular weight excluding hydrogens is 166 g/mol. The van der Waals surface area contributed by atoms with Gasteiger partial charge >= 0.3 is 0 Å². The van der Waals surface area contributed by atoms with Crippen molar-refractivity contribution in [3.05, 3.63) is 0 Å². The van der Waals surface area contributed by atoms with Crippen LogP contribution in [0.2, 0.25) is 0 Å². The maximum atomic E-state index is 5.76. The van der Waals surface area contributed by atoms with Gasteiger partial charge in [-0.25, -0.2) is 0 Å². The van der Waals surface area contributed by atoms with Crippen LogP contribution in [0.25, 0.3) is 0 Å². The van der Waals surface area contributed by atoms with Crippen LogP contribution in [0.5, 0.6) is 0 Å². The predicted molar refractivity (Wildman–Crippen MR) is 53.4 cm³/mol. The molecule has 76 valence electrons. The van der Waals surface area contributed by atoms with Gasteiger partial charge in [0.1, 0.15) is 0 Å². The van der Waals surface area contributed by atoms with Gasteiger partial charge in [-0.3, -0.25) is 0 Å². The summed E-state index contributed by atoms with van der Waals surface area (Å²) in [6, 6.07) is 0.0951. The first-order valence-corrected chi connectivity index (χ1v) is 4.53. The van der Waals surface area contributed by atoms with E-state index in [4.69, 9.17) is 15.2 Å². The lowest BCUT2D eigenvalue weighted by Crippen LogP contribution is -2.26. The van der Waals surface area contributed by atoms with Crippen LogP contribution < -0.4 is 5.73 Å². The predicted octanol–water partition coefficient (Wildman–Crippen LogP) is 0.780. The Morgan fingerprint density at radius 3 is 2.77 bits per heavy atom. The van der Waals surface area contributed by atoms with Gasteiger partial charge in [-0.1, -0.05) is 0 Å². The van der Waals surface area contributed by atoms with Gasteiger partial charge in [-0.15, -0.1) is 11.8 Å². The molecule has 0 saturated carbocycles. The van der Waals surface area contributed by atoms with Crippen LogP contribution in [-0.2, 0) is 9.47 Å². The van der Waals surface area contributed by atoms with Crippen molar-refractivity contribution in [1.82, 2.24) is 0 Å². The summed E-state index contributed by atoms with van der Waals surface area (Å²) < 4.78 is 10.1. The molecule has 0 spiro atoms. The van der Waals surface area contributed by atoms with Crippen molar-refractivity contribution in [3.63, 3.8) is 0 Å². The Bertz CT molecular complexity index is 160. The number of rotatable bonds is 7. The van der Waals surface area contributed by atoms with Gasteiger partial charge in [-0.05, 0) is 13.3 Å². The zero-order valence-electron chi connectivity index (χ0n) is 8.51. The van der Waals surface area contributed by atoms with E-state index in [0.717, 1.165) is 12.8 Å². The zero-order chi connectivity index (χ0) is 9.94. The van der Waals surface area contributed by atoms with Crippen molar-refractivity contribution in [3.8, 4) is 11.8 Å². The van der Waals surface area contributed by atoms with Crippen LogP contribution in [0.1, 0.15) is 19.8 Å². The van der Waals surface area contributed by atoms with E-state index < -0.39 is 0 Å². The molecule has 0 radical (unpaired) electrons. The molecule has 0 fully saturated rings. The summed E-state index contributed by atoms with van der Waals surface area (Å²) in [5, 5.41) is 0. The lowest BCUT2D eigenvalue weighted by Gasteiger charge is -2.09. The molecule has 3 nitrogen and oxygen atoms in total. The van der Waals surface area contributed by atoms with Gasteiger partial charge in [0.2, 0.25) is 0 Å². The minimum Gasteiger partial charge on any atom is -0.382 e. The van der Waals surface area contributed by atoms with Crippen molar-refractivity contribution in [2.24, 2.45) is 5.73 Å². The quantitative estimate of drug-likeness (QED) is 0.471. The van der Waals surface area contributed by atoms with Crippen LogP contribution in [0, 0.1) is 11.8 Å². The van der Waals surface area contributed by atoms with Crippen LogP contribution in [-0.4, -0.2) is 33.0 Å². The number of hydrogen-bond acceptors (Lipinski definition) is 3. The Hall–Kier alpha value is -0.560. The van der Waals surface area contributed by atoms with Crippen LogP contribution in [0.3, 0.4) is 0 Å². The molecule has 13 heavy (non-hydrogen) atoms. The van der Waals surface area contributed by atoms with E-state index in [9.17, 15) is 0 Å². The van der Waals surface area contributed by atoms with Gasteiger partial charge in [0, 0.05) is 19.6 Å². The third-order valence-corrected chi connectivity index (χ3v) is 1.58. The Morgan fingerprint density at radius 2 is 2.15 bits per heavy atom. The fourth-order valence-electron chi connectivity index (χ4n) is 0.843. The molecule has 0 aliphatic heterocycles. The van der Waals surface area contributed by atoms with Crippen LogP contribution in [0.15, 0.2) is 0 Å². The second-order valence-electron chi connectivity index (χ2n) is 2.79. The van der Waals surface area contributed by atoms with Crippen molar-refractivity contribution in [2.75, 3.05) is 26.9 Å². The molecule has 0 aliphatic rings. The monoisotopic (exact) mass is 185 g/mol. The number of methoxy groups -OCH3 is 1. The number of ether oxygens (including phenoxy) is 2. The largest absolute Gasteiger partial charge is 0.382 e. The van der Waals surface area contributed by atoms with Crippen molar-refractivity contribution in [2.45, 2.75) is 25.8 Å². The van der Waals surface area contributed by atoms with E-state index in [1.165, 1.54) is 0 Å². The third kappa shape index (κ3) is 9.35. The average molecular weight is 185 g/mol. The summed E-state index contributed by atoms with van der Waals surface area (Å²) >= 11 is 0. The molecule has 0 amide bonds. The molecule has 1 atom stereocenters. The molecular formula is C10H19NO2. The van der Waals surface area contributed by atoms with E-state index in [1.54, 1.807) is 7.11 Å². The minimum absolute atomic E-state index is 0.0951. The highest BCUT2D eigenvalue weighted by atomic mass is 16.5. The minimum atomic E-state index is 0.0951. The van der Waals surface area contributed by atoms with Crippen molar-refractivity contribution >= 4 is 0 Å². The van der Waals surface area contributed by atoms with E-state index in [2.05, 4.69) is 11.8 Å². The summed E-state index contributed by atoms with van der Waals surface area (Å²) in [4.78, 5) is 0. The standard InChI is InChI=1S/C10H19NO2/c1-3-4-5-6-10(11)9-13-8-7-12-2/h10H,5-9,11H2,1-2H3. The SMILES string of the molecule is CC#CCCC(N)COCCOC. The molecule has 0 aromatic rings. The first kappa shape index (κ1) is 12.4. The highest BCUT2D eigenvalue weighted by Gasteiger charge is 2.00. The first-order valence-electron chi connectivity index (χ1n) is 4.53. The Labute approximate surface area is 80.6 Å². The molecule has 0 aromatic heterocycles. The number of nitrogens with two attached hydrogens (primary N) is 1. The third-order valence-electron chi connectivity index (χ3n) is 1.58. The summed E-state index contributed by atoms with van der Waals surface area (Å²) in [7, 11) is 1.65. The van der Waals surface area contributed by atoms with Gasteiger partial charge in [-0.2, -0.15) is 0 Å². The Balaban J connectivity index is 3.18. The van der Waals surface area contributed by atoms with E-state index in [1.807, 2.05) is 6.92 Å². The van der Waals surface area contributed by atoms with E-state index >= 15 is 0 Å². The van der Waals surface area contributed by atoms with Gasteiger partial charge in [0.15, 0.2) is 0 Å². The smallest absolute Gasteiger partial charge is 0.0701 e. The molecule has 0 rings (SSSR count). The second kappa shape index (κ2) is 9.53. The summed E-state index contributed by atoms with van der Waals surface area (Å²) in [6.07, 6.45) is 1.75. The van der Waals surface area contributed by atoms with Crippen molar-refractivity contribution < 1.29 is 9.47 Å². The molecule has 0 aliphatic carbocycles. The fourth-order valence-corrected chi connectivity index (χ4v) is 0.843. The van der Waals surface area contributed by atoms with Crippen molar-refractivity contribution in [1.29, 1.82) is 0 Å². The molecule has 0 aromatic carbocycles. The lowest BCUT2D eigenvalue weighted by atomic mass is 10.2. The van der Waals surface area contributed by atoms with E-state index in [0.29, 0.717) is 19.8 Å². The van der Waals surface area contributed by atoms with Gasteiger partial charge in [0.05, 0.1) is 19.8 Å². The summed E-state index contributed by atoms with van der Waals surface area (Å²) in [5.41, 5.74) is 5.76. The second-order valence-corrected chi connectivity index (χ2v) is 2.79. The normalized spacial score (nSPS) is 11.9. The average Bonchev–Trinajstić information content (AvgIpc) is 2.13. The molecule has 0 bridgehead atoms. The highest BCUT2D eigenvalue weighted by Crippen LogP contribution is 1.93. The summed E-state index contributed by atoms with van der Waals surface area (Å²) in [5.74, 6) is 5.80. The molecule has 0 heterocycles. The first-order chi connectivity index (χ1) is 6.31. The number of hydrogen-bond donors (Lipinski definition) is 1.